The highest BCUT2D eigenvalue weighted by molar-refractivity contribution is 5.96. The summed E-state index contributed by atoms with van der Waals surface area (Å²) in [5, 5.41) is 9.27. The maximum atomic E-state index is 12.9. The van der Waals surface area contributed by atoms with E-state index in [0.29, 0.717) is 32.4 Å². The highest BCUT2D eigenvalue weighted by Gasteiger charge is 2.30. The quantitative estimate of drug-likeness (QED) is 0.728. The SMILES string of the molecule is CN(C(=O)Cc1cccc2ccccc12)C1CCN(C(=O)c2nonc2N)CC1. The second kappa shape index (κ2) is 7.90. The van der Waals surface area contributed by atoms with Crippen LogP contribution in [0.3, 0.4) is 0 Å². The zero-order chi connectivity index (χ0) is 20.4. The number of aromatic nitrogens is 2. The summed E-state index contributed by atoms with van der Waals surface area (Å²) in [5.41, 5.74) is 6.68. The fourth-order valence-corrected chi connectivity index (χ4v) is 3.89. The maximum Gasteiger partial charge on any atom is 0.280 e. The molecule has 2 amide bonds. The molecule has 0 aliphatic carbocycles. The van der Waals surface area contributed by atoms with Gasteiger partial charge in [0.2, 0.25) is 17.4 Å². The largest absolute Gasteiger partial charge is 0.379 e. The number of likely N-dealkylation sites (N-methyl/N-ethyl adjacent to an activating group) is 1. The fourth-order valence-electron chi connectivity index (χ4n) is 3.89. The molecular formula is C21H23N5O3. The molecule has 2 heterocycles. The Bertz CT molecular complexity index is 1030. The summed E-state index contributed by atoms with van der Waals surface area (Å²) < 4.78 is 4.51. The van der Waals surface area contributed by atoms with Crippen LogP contribution in [-0.4, -0.2) is 58.1 Å². The van der Waals surface area contributed by atoms with Crippen LogP contribution in [0, 0.1) is 0 Å². The van der Waals surface area contributed by atoms with Crippen molar-refractivity contribution in [2.24, 2.45) is 0 Å². The van der Waals surface area contributed by atoms with E-state index in [1.807, 2.05) is 42.3 Å². The number of anilines is 1. The minimum absolute atomic E-state index is 0.000457. The standard InChI is InChI=1S/C21H23N5O3/c1-25(18(27)13-15-7-4-6-14-5-2-3-8-17(14)15)16-9-11-26(12-10-16)21(28)19-20(22)24-29-23-19/h2-8,16H,9-13H2,1H3,(H2,22,24). The van der Waals surface area contributed by atoms with E-state index in [-0.39, 0.29) is 29.4 Å². The molecular weight excluding hydrogens is 370 g/mol. The number of benzene rings is 2. The molecule has 150 valence electrons. The van der Waals surface area contributed by atoms with E-state index in [2.05, 4.69) is 27.1 Å². The normalized spacial score (nSPS) is 14.9. The summed E-state index contributed by atoms with van der Waals surface area (Å²) in [4.78, 5) is 28.9. The van der Waals surface area contributed by atoms with Crippen molar-refractivity contribution in [3.05, 3.63) is 53.7 Å². The van der Waals surface area contributed by atoms with Gasteiger partial charge in [-0.15, -0.1) is 0 Å². The smallest absolute Gasteiger partial charge is 0.280 e. The van der Waals surface area contributed by atoms with Gasteiger partial charge in [0.25, 0.3) is 5.91 Å². The highest BCUT2D eigenvalue weighted by Crippen LogP contribution is 2.22. The van der Waals surface area contributed by atoms with Crippen LogP contribution in [0.4, 0.5) is 5.82 Å². The Morgan fingerprint density at radius 2 is 1.86 bits per heavy atom. The van der Waals surface area contributed by atoms with Gasteiger partial charge in [-0.1, -0.05) is 42.5 Å². The van der Waals surface area contributed by atoms with E-state index in [1.54, 1.807) is 4.90 Å². The lowest BCUT2D eigenvalue weighted by molar-refractivity contribution is -0.131. The number of piperidine rings is 1. The van der Waals surface area contributed by atoms with Gasteiger partial charge in [0.1, 0.15) is 0 Å². The summed E-state index contributed by atoms with van der Waals surface area (Å²) in [6.07, 6.45) is 1.77. The molecule has 8 heteroatoms. The van der Waals surface area contributed by atoms with Gasteiger partial charge in [-0.05, 0) is 39.5 Å². The van der Waals surface area contributed by atoms with Crippen LogP contribution < -0.4 is 5.73 Å². The summed E-state index contributed by atoms with van der Waals surface area (Å²) in [6, 6.07) is 14.2. The molecule has 0 unspecified atom stereocenters. The molecule has 1 saturated heterocycles. The van der Waals surface area contributed by atoms with Crippen molar-refractivity contribution in [3.8, 4) is 0 Å². The van der Waals surface area contributed by atoms with Gasteiger partial charge in [-0.2, -0.15) is 0 Å². The third-order valence-electron chi connectivity index (χ3n) is 5.63. The first-order chi connectivity index (χ1) is 14.0. The number of carbonyl (C=O) groups excluding carboxylic acids is 2. The molecule has 0 saturated carbocycles. The molecule has 3 aromatic rings. The summed E-state index contributed by atoms with van der Waals surface area (Å²) in [7, 11) is 1.84. The average molecular weight is 393 g/mol. The lowest BCUT2D eigenvalue weighted by Gasteiger charge is -2.36. The number of fused-ring (bicyclic) bond motifs is 1. The summed E-state index contributed by atoms with van der Waals surface area (Å²) >= 11 is 0. The number of nitrogens with zero attached hydrogens (tertiary/aromatic N) is 4. The molecule has 1 fully saturated rings. The maximum absolute atomic E-state index is 12.9. The van der Waals surface area contributed by atoms with Crippen molar-refractivity contribution in [1.82, 2.24) is 20.1 Å². The first kappa shape index (κ1) is 18.9. The highest BCUT2D eigenvalue weighted by atomic mass is 16.6. The second-order valence-corrected chi connectivity index (χ2v) is 7.34. The molecule has 4 rings (SSSR count). The monoisotopic (exact) mass is 393 g/mol. The lowest BCUT2D eigenvalue weighted by Crippen LogP contribution is -2.47. The van der Waals surface area contributed by atoms with Crippen molar-refractivity contribution >= 4 is 28.4 Å². The third kappa shape index (κ3) is 3.78. The van der Waals surface area contributed by atoms with Crippen LogP contribution >= 0.6 is 0 Å². The molecule has 8 nitrogen and oxygen atoms in total. The summed E-state index contributed by atoms with van der Waals surface area (Å²) in [6.45, 7) is 1.06. The molecule has 0 bridgehead atoms. The predicted molar refractivity (Wildman–Crippen MR) is 108 cm³/mol. The molecule has 1 aliphatic heterocycles. The van der Waals surface area contributed by atoms with Crippen LogP contribution in [0.1, 0.15) is 28.9 Å². The van der Waals surface area contributed by atoms with Crippen LogP contribution in [0.2, 0.25) is 0 Å². The minimum atomic E-state index is -0.285. The Hall–Kier alpha value is -3.42. The first-order valence-corrected chi connectivity index (χ1v) is 9.64. The topological polar surface area (TPSA) is 106 Å². The predicted octanol–water partition coefficient (Wildman–Crippen LogP) is 2.11. The number of amides is 2. The number of nitrogens with two attached hydrogens (primary N) is 1. The van der Waals surface area contributed by atoms with E-state index in [0.717, 1.165) is 16.3 Å². The number of rotatable bonds is 4. The number of hydrogen-bond acceptors (Lipinski definition) is 6. The van der Waals surface area contributed by atoms with E-state index in [1.165, 1.54) is 0 Å². The van der Waals surface area contributed by atoms with Crippen molar-refractivity contribution < 1.29 is 14.2 Å². The van der Waals surface area contributed by atoms with Crippen LogP contribution in [0.25, 0.3) is 10.8 Å². The van der Waals surface area contributed by atoms with Crippen LogP contribution in [0.5, 0.6) is 0 Å². The molecule has 0 atom stereocenters. The van der Waals surface area contributed by atoms with Crippen molar-refractivity contribution in [1.29, 1.82) is 0 Å². The molecule has 29 heavy (non-hydrogen) atoms. The average Bonchev–Trinajstić information content (AvgIpc) is 3.19. The van der Waals surface area contributed by atoms with Crippen LogP contribution in [0.15, 0.2) is 47.1 Å². The lowest BCUT2D eigenvalue weighted by atomic mass is 9.99. The zero-order valence-corrected chi connectivity index (χ0v) is 16.2. The Morgan fingerprint density at radius 3 is 2.59 bits per heavy atom. The molecule has 0 spiro atoms. The first-order valence-electron chi connectivity index (χ1n) is 9.64. The van der Waals surface area contributed by atoms with Gasteiger partial charge < -0.3 is 15.5 Å². The van der Waals surface area contributed by atoms with Gasteiger partial charge >= 0.3 is 0 Å². The number of nitrogen functional groups attached to an aromatic ring is 1. The minimum Gasteiger partial charge on any atom is -0.379 e. The Balaban J connectivity index is 1.38. The number of likely N-dealkylation sites (tertiary alicyclic amines) is 1. The van der Waals surface area contributed by atoms with Gasteiger partial charge in [0, 0.05) is 26.2 Å². The molecule has 2 N–H and O–H groups in total. The second-order valence-electron chi connectivity index (χ2n) is 7.34. The Morgan fingerprint density at radius 1 is 1.14 bits per heavy atom. The van der Waals surface area contributed by atoms with E-state index >= 15 is 0 Å². The number of carbonyl (C=O) groups is 2. The van der Waals surface area contributed by atoms with Gasteiger partial charge in [0.05, 0.1) is 6.42 Å². The third-order valence-corrected chi connectivity index (χ3v) is 5.63. The fraction of sp³-hybridized carbons (Fsp3) is 0.333. The molecule has 0 radical (unpaired) electrons. The molecule has 2 aromatic carbocycles. The van der Waals surface area contributed by atoms with Crippen molar-refractivity contribution in [3.63, 3.8) is 0 Å². The number of hydrogen-bond donors (Lipinski definition) is 1. The van der Waals surface area contributed by atoms with E-state index in [4.69, 9.17) is 5.73 Å². The van der Waals surface area contributed by atoms with Crippen LogP contribution in [-0.2, 0) is 11.2 Å². The van der Waals surface area contributed by atoms with Gasteiger partial charge in [0.15, 0.2) is 0 Å². The van der Waals surface area contributed by atoms with Crippen molar-refractivity contribution in [2.45, 2.75) is 25.3 Å². The molecule has 1 aliphatic rings. The Labute approximate surface area is 168 Å². The van der Waals surface area contributed by atoms with Gasteiger partial charge in [-0.25, -0.2) is 4.63 Å². The summed E-state index contributed by atoms with van der Waals surface area (Å²) in [5.74, 6) is -0.206. The zero-order valence-electron chi connectivity index (χ0n) is 16.2. The van der Waals surface area contributed by atoms with Crippen molar-refractivity contribution in [2.75, 3.05) is 25.9 Å². The molecule has 1 aromatic heterocycles. The van der Waals surface area contributed by atoms with E-state index in [9.17, 15) is 9.59 Å². The van der Waals surface area contributed by atoms with Gasteiger partial charge in [-0.3, -0.25) is 9.59 Å². The Kier molecular flexibility index (Phi) is 5.16. The van der Waals surface area contributed by atoms with E-state index < -0.39 is 0 Å².